The second-order valence-electron chi connectivity index (χ2n) is 9.16. The average Bonchev–Trinajstić information content (AvgIpc) is 2.99. The van der Waals surface area contributed by atoms with Crippen LogP contribution in [0.3, 0.4) is 0 Å². The molecule has 1 N–H and O–H groups in total. The number of unbranched alkanes of at least 4 members (excludes halogenated alkanes) is 2. The maximum absolute atomic E-state index is 12.5. The molecule has 1 saturated heterocycles. The zero-order chi connectivity index (χ0) is 22.8. The normalized spacial score (nSPS) is 21.2. The van der Waals surface area contributed by atoms with Crippen molar-refractivity contribution in [3.63, 3.8) is 0 Å². The largest absolute Gasteiger partial charge is 0.493 e. The van der Waals surface area contributed by atoms with E-state index in [-0.39, 0.29) is 11.3 Å². The molecule has 0 spiro atoms. The minimum Gasteiger partial charge on any atom is -0.493 e. The molecule has 2 aliphatic rings. The highest BCUT2D eigenvalue weighted by Crippen LogP contribution is 2.52. The topological polar surface area (TPSA) is 50.8 Å². The van der Waals surface area contributed by atoms with Crippen molar-refractivity contribution in [3.05, 3.63) is 59.7 Å². The van der Waals surface area contributed by atoms with Crippen LogP contribution in [0.1, 0.15) is 57.6 Å². The number of benzene rings is 2. The highest BCUT2D eigenvalue weighted by atomic mass is 16.5. The zero-order valence-electron chi connectivity index (χ0n) is 19.6. The highest BCUT2D eigenvalue weighted by molar-refractivity contribution is 5.84. The molecule has 2 heterocycles. The van der Waals surface area contributed by atoms with Crippen LogP contribution in [0, 0.1) is 0 Å². The number of fused-ring (bicyclic) bond motifs is 3. The number of anilines is 1. The Morgan fingerprint density at radius 1 is 1.12 bits per heavy atom. The van der Waals surface area contributed by atoms with E-state index in [0.717, 1.165) is 29.9 Å². The van der Waals surface area contributed by atoms with Gasteiger partial charge in [-0.05, 0) is 41.8 Å². The Labute approximate surface area is 191 Å². The summed E-state index contributed by atoms with van der Waals surface area (Å²) in [5, 5.41) is 3.32. The predicted molar refractivity (Wildman–Crippen MR) is 129 cm³/mol. The van der Waals surface area contributed by atoms with E-state index >= 15 is 0 Å². The van der Waals surface area contributed by atoms with Crippen LogP contribution in [-0.2, 0) is 10.2 Å². The van der Waals surface area contributed by atoms with Crippen molar-refractivity contribution in [2.75, 3.05) is 25.2 Å². The fourth-order valence-electron chi connectivity index (χ4n) is 4.98. The van der Waals surface area contributed by atoms with Crippen LogP contribution in [0.25, 0.3) is 6.08 Å². The van der Waals surface area contributed by atoms with Crippen molar-refractivity contribution in [2.45, 2.75) is 57.5 Å². The Kier molecular flexibility index (Phi) is 6.18. The molecule has 2 aromatic rings. The number of nitrogens with zero attached hydrogens (tertiary/aromatic N) is 1. The van der Waals surface area contributed by atoms with Crippen LogP contribution in [0.5, 0.6) is 11.5 Å². The van der Waals surface area contributed by atoms with E-state index < -0.39 is 5.66 Å². The van der Waals surface area contributed by atoms with Gasteiger partial charge in [0.25, 0.3) is 0 Å². The SMILES string of the molecule is CCCCCOc1ccc(C=C[C@]23NC(=O)CCN2c2ccccc2C3(C)C)cc1OC. The minimum atomic E-state index is -0.616. The van der Waals surface area contributed by atoms with Gasteiger partial charge in [-0.15, -0.1) is 0 Å². The Morgan fingerprint density at radius 3 is 2.72 bits per heavy atom. The molecular weight excluding hydrogens is 400 g/mol. The first kappa shape index (κ1) is 22.3. The summed E-state index contributed by atoms with van der Waals surface area (Å²) in [6.45, 7) is 7.98. The van der Waals surface area contributed by atoms with Crippen molar-refractivity contribution in [2.24, 2.45) is 0 Å². The Balaban J connectivity index is 1.64. The van der Waals surface area contributed by atoms with Gasteiger partial charge < -0.3 is 19.7 Å². The highest BCUT2D eigenvalue weighted by Gasteiger charge is 2.57. The molecule has 4 rings (SSSR count). The summed E-state index contributed by atoms with van der Waals surface area (Å²) in [4.78, 5) is 14.9. The molecule has 32 heavy (non-hydrogen) atoms. The maximum atomic E-state index is 12.5. The number of rotatable bonds is 8. The number of nitrogens with one attached hydrogen (secondary N) is 1. The molecule has 1 atom stereocenters. The first-order chi connectivity index (χ1) is 15.4. The summed E-state index contributed by atoms with van der Waals surface area (Å²) in [5.74, 6) is 1.57. The first-order valence-corrected chi connectivity index (χ1v) is 11.6. The average molecular weight is 435 g/mol. The number of methoxy groups -OCH3 is 1. The molecule has 170 valence electrons. The van der Waals surface area contributed by atoms with Crippen molar-refractivity contribution >= 4 is 17.7 Å². The number of carbonyl (C=O) groups excluding carboxylic acids is 1. The third-order valence-corrected chi connectivity index (χ3v) is 6.85. The van der Waals surface area contributed by atoms with Crippen LogP contribution in [0.2, 0.25) is 0 Å². The van der Waals surface area contributed by atoms with E-state index in [1.54, 1.807) is 7.11 Å². The number of ether oxygens (including phenoxy) is 2. The second-order valence-corrected chi connectivity index (χ2v) is 9.16. The molecule has 2 aromatic carbocycles. The van der Waals surface area contributed by atoms with Crippen LogP contribution in [0.15, 0.2) is 48.5 Å². The fraction of sp³-hybridized carbons (Fsp3) is 0.444. The molecule has 0 bridgehead atoms. The molecule has 1 fully saturated rings. The maximum Gasteiger partial charge on any atom is 0.223 e. The number of amides is 1. The van der Waals surface area contributed by atoms with E-state index in [2.05, 4.69) is 67.4 Å². The van der Waals surface area contributed by atoms with Crippen molar-refractivity contribution in [3.8, 4) is 11.5 Å². The Bertz CT molecular complexity index is 1010. The van der Waals surface area contributed by atoms with Crippen LogP contribution >= 0.6 is 0 Å². The van der Waals surface area contributed by atoms with Gasteiger partial charge in [-0.3, -0.25) is 4.79 Å². The summed E-state index contributed by atoms with van der Waals surface area (Å²) in [7, 11) is 1.67. The Hall–Kier alpha value is -2.95. The lowest BCUT2D eigenvalue weighted by molar-refractivity contribution is -0.124. The van der Waals surface area contributed by atoms with Gasteiger partial charge in [0.2, 0.25) is 5.91 Å². The van der Waals surface area contributed by atoms with E-state index in [9.17, 15) is 4.79 Å². The van der Waals surface area contributed by atoms with Gasteiger partial charge in [-0.25, -0.2) is 0 Å². The summed E-state index contributed by atoms with van der Waals surface area (Å²) < 4.78 is 11.5. The molecule has 1 amide bonds. The lowest BCUT2D eigenvalue weighted by atomic mass is 9.74. The van der Waals surface area contributed by atoms with Crippen LogP contribution in [-0.4, -0.2) is 31.8 Å². The minimum absolute atomic E-state index is 0.0835. The monoisotopic (exact) mass is 434 g/mol. The standard InChI is InChI=1S/C27H34N2O3/c1-5-6-9-18-32-23-13-12-20(19-24(23)31-4)14-16-27-26(2,3)21-10-7-8-11-22(21)29(27)17-15-25(30)28-27/h7-8,10-14,16,19H,5-6,9,15,17-18H2,1-4H3,(H,28,30)/t27-/m0/s1. The van der Waals surface area contributed by atoms with Gasteiger partial charge >= 0.3 is 0 Å². The number of carbonyl (C=O) groups is 1. The van der Waals surface area contributed by atoms with Crippen LogP contribution in [0.4, 0.5) is 5.69 Å². The van der Waals surface area contributed by atoms with E-state index in [1.807, 2.05) is 18.2 Å². The quantitative estimate of drug-likeness (QED) is 0.574. The summed E-state index contributed by atoms with van der Waals surface area (Å²) in [6.07, 6.45) is 8.08. The van der Waals surface area contributed by atoms with Crippen LogP contribution < -0.4 is 19.7 Å². The molecule has 0 aromatic heterocycles. The summed E-state index contributed by atoms with van der Waals surface area (Å²) in [5.41, 5.74) is 2.54. The Morgan fingerprint density at radius 2 is 1.94 bits per heavy atom. The first-order valence-electron chi connectivity index (χ1n) is 11.6. The zero-order valence-corrected chi connectivity index (χ0v) is 19.6. The lowest BCUT2D eigenvalue weighted by Crippen LogP contribution is -2.68. The van der Waals surface area contributed by atoms with Gasteiger partial charge in [-0.1, -0.05) is 64.0 Å². The predicted octanol–water partition coefficient (Wildman–Crippen LogP) is 5.29. The second kappa shape index (κ2) is 8.89. The smallest absolute Gasteiger partial charge is 0.223 e. The van der Waals surface area contributed by atoms with E-state index in [1.165, 1.54) is 17.7 Å². The molecule has 0 aliphatic carbocycles. The molecule has 5 nitrogen and oxygen atoms in total. The van der Waals surface area contributed by atoms with Gasteiger partial charge in [0.05, 0.1) is 13.7 Å². The van der Waals surface area contributed by atoms with Crippen molar-refractivity contribution < 1.29 is 14.3 Å². The van der Waals surface area contributed by atoms with Gasteiger partial charge in [0, 0.05) is 24.1 Å². The summed E-state index contributed by atoms with van der Waals surface area (Å²) >= 11 is 0. The number of hydrogen-bond donors (Lipinski definition) is 1. The third-order valence-electron chi connectivity index (χ3n) is 6.85. The molecule has 0 saturated carbocycles. The third kappa shape index (κ3) is 3.74. The molecule has 5 heteroatoms. The van der Waals surface area contributed by atoms with Crippen molar-refractivity contribution in [1.29, 1.82) is 0 Å². The van der Waals surface area contributed by atoms with E-state index in [4.69, 9.17) is 9.47 Å². The molecule has 2 aliphatic heterocycles. The molecule has 0 radical (unpaired) electrons. The fourth-order valence-corrected chi connectivity index (χ4v) is 4.98. The lowest BCUT2D eigenvalue weighted by Gasteiger charge is -2.49. The number of hydrogen-bond acceptors (Lipinski definition) is 4. The van der Waals surface area contributed by atoms with Gasteiger partial charge in [0.1, 0.15) is 5.66 Å². The van der Waals surface area contributed by atoms with E-state index in [0.29, 0.717) is 19.6 Å². The van der Waals surface area contributed by atoms with Gasteiger partial charge in [0.15, 0.2) is 11.5 Å². The molecular formula is C27H34N2O3. The summed E-state index contributed by atoms with van der Waals surface area (Å²) in [6, 6.07) is 14.5. The number of para-hydroxylation sites is 1. The van der Waals surface area contributed by atoms with Gasteiger partial charge in [-0.2, -0.15) is 0 Å². The van der Waals surface area contributed by atoms with Crippen molar-refractivity contribution in [1.82, 2.24) is 5.32 Å². The molecule has 0 unspecified atom stereocenters.